The Morgan fingerprint density at radius 1 is 0.848 bits per heavy atom. The molecule has 0 spiro atoms. The van der Waals surface area contributed by atoms with E-state index in [0.29, 0.717) is 18.2 Å². The van der Waals surface area contributed by atoms with E-state index in [1.807, 2.05) is 60.7 Å². The van der Waals surface area contributed by atoms with Gasteiger partial charge in [-0.1, -0.05) is 104 Å². The summed E-state index contributed by atoms with van der Waals surface area (Å²) in [6.45, 7) is 6.20. The molecule has 0 unspecified atom stereocenters. The summed E-state index contributed by atoms with van der Waals surface area (Å²) < 4.78 is 13.3. The van der Waals surface area contributed by atoms with Crippen LogP contribution in [0.25, 0.3) is 11.1 Å². The van der Waals surface area contributed by atoms with Crippen LogP contribution in [0.15, 0.2) is 116 Å². The van der Waals surface area contributed by atoms with Gasteiger partial charge in [0.15, 0.2) is 6.29 Å². The highest BCUT2D eigenvalue weighted by Gasteiger charge is 2.34. The molecule has 46 heavy (non-hydrogen) atoms. The van der Waals surface area contributed by atoms with Gasteiger partial charge in [-0.2, -0.15) is 0 Å². The van der Waals surface area contributed by atoms with Gasteiger partial charge in [-0.3, -0.25) is 9.69 Å². The van der Waals surface area contributed by atoms with E-state index in [0.717, 1.165) is 52.9 Å². The van der Waals surface area contributed by atoms with E-state index in [2.05, 4.69) is 65.3 Å². The Kier molecular flexibility index (Phi) is 10.7. The second kappa shape index (κ2) is 15.5. The smallest absolute Gasteiger partial charge is 0.251 e. The summed E-state index contributed by atoms with van der Waals surface area (Å²) in [4.78, 5) is 15.1. The Bertz CT molecular complexity index is 1570. The number of aliphatic hydroxyl groups excluding tert-OH is 1. The molecule has 1 amide bonds. The Balaban J connectivity index is 1.17. The van der Waals surface area contributed by atoms with Crippen molar-refractivity contribution >= 4 is 5.91 Å². The third-order valence-corrected chi connectivity index (χ3v) is 9.19. The van der Waals surface area contributed by atoms with Gasteiger partial charge in [0.25, 0.3) is 5.91 Å². The fraction of sp³-hybridized carbons (Fsp3) is 0.325. The van der Waals surface area contributed by atoms with Crippen molar-refractivity contribution in [2.75, 3.05) is 13.1 Å². The first kappa shape index (κ1) is 31.9. The number of nitrogens with one attached hydrogen (secondary N) is 1. The topological polar surface area (TPSA) is 71.0 Å². The number of carbonyl (C=O) groups is 1. The summed E-state index contributed by atoms with van der Waals surface area (Å²) in [5.41, 5.74) is 6.82. The van der Waals surface area contributed by atoms with Crippen LogP contribution in [-0.2, 0) is 22.6 Å². The molecule has 6 rings (SSSR count). The van der Waals surface area contributed by atoms with Crippen molar-refractivity contribution in [2.24, 2.45) is 0 Å². The molecule has 1 aliphatic carbocycles. The molecule has 1 heterocycles. The molecule has 2 N–H and O–H groups in total. The van der Waals surface area contributed by atoms with Gasteiger partial charge >= 0.3 is 0 Å². The fourth-order valence-corrected chi connectivity index (χ4v) is 6.67. The minimum atomic E-state index is -0.496. The fourth-order valence-electron chi connectivity index (χ4n) is 6.67. The molecule has 4 aromatic carbocycles. The highest BCUT2D eigenvalue weighted by atomic mass is 16.7. The Labute approximate surface area is 272 Å². The number of hydrogen-bond donors (Lipinski definition) is 2. The van der Waals surface area contributed by atoms with Crippen molar-refractivity contribution in [3.05, 3.63) is 144 Å². The van der Waals surface area contributed by atoms with Crippen LogP contribution >= 0.6 is 0 Å². The molecule has 3 atom stereocenters. The molecule has 0 radical (unpaired) electrons. The molecule has 1 saturated carbocycles. The highest BCUT2D eigenvalue weighted by Crippen LogP contribution is 2.39. The summed E-state index contributed by atoms with van der Waals surface area (Å²) in [6, 6.07) is 34.6. The van der Waals surface area contributed by atoms with Gasteiger partial charge in [0.1, 0.15) is 0 Å². The maximum Gasteiger partial charge on any atom is 0.251 e. The Hall–Kier alpha value is -4.07. The van der Waals surface area contributed by atoms with E-state index in [-0.39, 0.29) is 24.7 Å². The van der Waals surface area contributed by atoms with Crippen molar-refractivity contribution < 1.29 is 19.4 Å². The van der Waals surface area contributed by atoms with E-state index in [1.165, 1.54) is 25.7 Å². The maximum atomic E-state index is 12.5. The lowest BCUT2D eigenvalue weighted by atomic mass is 9.98. The lowest BCUT2D eigenvalue weighted by Crippen LogP contribution is -2.43. The van der Waals surface area contributed by atoms with Gasteiger partial charge in [0.2, 0.25) is 0 Å². The number of rotatable bonds is 12. The molecule has 1 aliphatic heterocycles. The molecule has 238 valence electrons. The van der Waals surface area contributed by atoms with Crippen molar-refractivity contribution in [2.45, 2.75) is 69.8 Å². The quantitative estimate of drug-likeness (QED) is 0.159. The molecule has 4 aromatic rings. The van der Waals surface area contributed by atoms with E-state index >= 15 is 0 Å². The van der Waals surface area contributed by atoms with Crippen LogP contribution in [0.1, 0.15) is 77.1 Å². The Morgan fingerprint density at radius 2 is 1.59 bits per heavy atom. The van der Waals surface area contributed by atoms with Crippen LogP contribution in [0, 0.1) is 0 Å². The zero-order valence-corrected chi connectivity index (χ0v) is 26.4. The molecule has 2 fully saturated rings. The van der Waals surface area contributed by atoms with Crippen LogP contribution in [0.2, 0.25) is 0 Å². The van der Waals surface area contributed by atoms with Crippen LogP contribution in [0.5, 0.6) is 0 Å². The first-order valence-corrected chi connectivity index (χ1v) is 16.5. The molecular weight excluding hydrogens is 572 g/mol. The lowest BCUT2D eigenvalue weighted by molar-refractivity contribution is -0.253. The SMILES string of the molecule is C=CCN(C[C@H]1C[C@@H](c2ccc(CO)cc2)O[C@@H](c2ccc(-c3cccc(CNC(=O)c4ccccc4)c3)cc2)O1)C1CCCC1. The maximum absolute atomic E-state index is 12.5. The number of benzene rings is 4. The van der Waals surface area contributed by atoms with Gasteiger partial charge in [-0.25, -0.2) is 0 Å². The van der Waals surface area contributed by atoms with Crippen LogP contribution in [-0.4, -0.2) is 41.1 Å². The number of hydrogen-bond acceptors (Lipinski definition) is 5. The lowest BCUT2D eigenvalue weighted by Gasteiger charge is -2.39. The standard InChI is InChI=1S/C40H44N2O4/c1-2-23-42(36-13-6-7-14-36)27-37-25-38(32-17-15-29(28-43)16-18-32)46-40(45-37)34-21-19-31(20-22-34)35-12-8-9-30(24-35)26-41-39(44)33-10-4-3-5-11-33/h2-5,8-12,15-22,24,36-38,40,43H,1,6-7,13-14,23,25-28H2,(H,41,44)/t37-,38+,40+/m1/s1. The molecule has 0 bridgehead atoms. The van der Waals surface area contributed by atoms with Gasteiger partial charge in [-0.15, -0.1) is 6.58 Å². The van der Waals surface area contributed by atoms with Gasteiger partial charge in [0.05, 0.1) is 18.8 Å². The minimum absolute atomic E-state index is 0.00396. The van der Waals surface area contributed by atoms with Gasteiger partial charge < -0.3 is 19.9 Å². The number of aliphatic hydroxyl groups is 1. The van der Waals surface area contributed by atoms with Gasteiger partial charge in [0, 0.05) is 43.2 Å². The van der Waals surface area contributed by atoms with E-state index in [1.54, 1.807) is 0 Å². The van der Waals surface area contributed by atoms with Crippen molar-refractivity contribution in [3.8, 4) is 11.1 Å². The third kappa shape index (κ3) is 8.01. The Morgan fingerprint density at radius 3 is 2.30 bits per heavy atom. The largest absolute Gasteiger partial charge is 0.392 e. The molecule has 0 aromatic heterocycles. The summed E-state index contributed by atoms with van der Waals surface area (Å²) in [7, 11) is 0. The van der Waals surface area contributed by atoms with E-state index in [4.69, 9.17) is 9.47 Å². The van der Waals surface area contributed by atoms with Crippen molar-refractivity contribution in [3.63, 3.8) is 0 Å². The van der Waals surface area contributed by atoms with E-state index in [9.17, 15) is 9.90 Å². The summed E-state index contributed by atoms with van der Waals surface area (Å²) in [6.07, 6.45) is 7.19. The summed E-state index contributed by atoms with van der Waals surface area (Å²) in [5, 5.41) is 12.6. The molecule has 2 aliphatic rings. The monoisotopic (exact) mass is 616 g/mol. The number of nitrogens with zero attached hydrogens (tertiary/aromatic N) is 1. The van der Waals surface area contributed by atoms with Crippen molar-refractivity contribution in [1.29, 1.82) is 0 Å². The second-order valence-corrected chi connectivity index (χ2v) is 12.4. The predicted molar refractivity (Wildman–Crippen MR) is 182 cm³/mol. The van der Waals surface area contributed by atoms with Crippen molar-refractivity contribution in [1.82, 2.24) is 10.2 Å². The zero-order chi connectivity index (χ0) is 31.7. The van der Waals surface area contributed by atoms with Crippen LogP contribution < -0.4 is 5.32 Å². The number of carbonyl (C=O) groups excluding carboxylic acids is 1. The van der Waals surface area contributed by atoms with Crippen LogP contribution in [0.3, 0.4) is 0 Å². The average Bonchev–Trinajstić information content (AvgIpc) is 3.66. The predicted octanol–water partition coefficient (Wildman–Crippen LogP) is 7.75. The summed E-state index contributed by atoms with van der Waals surface area (Å²) in [5.74, 6) is -0.0837. The number of amides is 1. The second-order valence-electron chi connectivity index (χ2n) is 12.4. The molecular formula is C40H44N2O4. The van der Waals surface area contributed by atoms with E-state index < -0.39 is 6.29 Å². The minimum Gasteiger partial charge on any atom is -0.392 e. The zero-order valence-electron chi connectivity index (χ0n) is 26.4. The number of ether oxygens (including phenoxy) is 2. The van der Waals surface area contributed by atoms with Gasteiger partial charge in [-0.05, 0) is 58.9 Å². The third-order valence-electron chi connectivity index (χ3n) is 9.19. The molecule has 6 heteroatoms. The molecule has 1 saturated heterocycles. The first-order chi connectivity index (χ1) is 22.6. The first-order valence-electron chi connectivity index (χ1n) is 16.5. The average molecular weight is 617 g/mol. The summed E-state index contributed by atoms with van der Waals surface area (Å²) >= 11 is 0. The van der Waals surface area contributed by atoms with Crippen LogP contribution in [0.4, 0.5) is 0 Å². The normalized spacial score (nSPS) is 20.1. The highest BCUT2D eigenvalue weighted by molar-refractivity contribution is 5.94. The molecule has 6 nitrogen and oxygen atoms in total.